The molecule has 1 aliphatic rings. The largest absolute Gasteiger partial charge is 0.475 e. The maximum Gasteiger partial charge on any atom is 0.406 e. The molecule has 1 atom stereocenters. The zero-order valence-electron chi connectivity index (χ0n) is 14.5. The van der Waals surface area contributed by atoms with Crippen LogP contribution in [0.3, 0.4) is 0 Å². The number of carbonyl (C=O) groups is 1. The van der Waals surface area contributed by atoms with E-state index in [1.807, 2.05) is 24.6 Å². The van der Waals surface area contributed by atoms with Gasteiger partial charge in [-0.1, -0.05) is 0 Å². The topological polar surface area (TPSA) is 77.4 Å². The highest BCUT2D eigenvalue weighted by Gasteiger charge is 2.25. The van der Waals surface area contributed by atoms with E-state index in [-0.39, 0.29) is 12.1 Å². The van der Waals surface area contributed by atoms with Crippen LogP contribution in [0.5, 0.6) is 5.88 Å². The normalized spacial score (nSPS) is 15.5. The molecule has 0 saturated heterocycles. The monoisotopic (exact) mass is 324 g/mol. The second-order valence-corrected chi connectivity index (χ2v) is 6.23. The van der Waals surface area contributed by atoms with E-state index in [1.54, 1.807) is 0 Å². The van der Waals surface area contributed by atoms with Crippen molar-refractivity contribution in [3.8, 4) is 5.88 Å². The summed E-state index contributed by atoms with van der Waals surface area (Å²) in [6.45, 7) is 7.35. The number of aromatic nitrogens is 2. The van der Waals surface area contributed by atoms with Crippen molar-refractivity contribution < 1.29 is 14.3 Å². The van der Waals surface area contributed by atoms with E-state index in [1.165, 1.54) is 20.0 Å². The molecule has 2 N–H and O–H groups in total. The lowest BCUT2D eigenvalue weighted by molar-refractivity contribution is 0.170. The summed E-state index contributed by atoms with van der Waals surface area (Å²) < 4.78 is 12.3. The minimum atomic E-state index is -0.410. The van der Waals surface area contributed by atoms with E-state index < -0.39 is 6.09 Å². The predicted molar refractivity (Wildman–Crippen MR) is 87.6 cm³/mol. The summed E-state index contributed by atoms with van der Waals surface area (Å²) in [7, 11) is 1.36. The second-order valence-electron chi connectivity index (χ2n) is 6.23. The van der Waals surface area contributed by atoms with Crippen molar-refractivity contribution in [1.82, 2.24) is 20.4 Å². The SMILES string of the molecule is COC(=O)NCCCn1nc([C@@H](C)NC2CC2)cc1OC(C)C. The van der Waals surface area contributed by atoms with Crippen LogP contribution in [0, 0.1) is 0 Å². The van der Waals surface area contributed by atoms with Gasteiger partial charge in [-0.25, -0.2) is 9.48 Å². The summed E-state index contributed by atoms with van der Waals surface area (Å²) in [5.74, 6) is 0.775. The molecule has 0 spiro atoms. The van der Waals surface area contributed by atoms with Crippen molar-refractivity contribution in [3.05, 3.63) is 11.8 Å². The molecule has 1 amide bonds. The Labute approximate surface area is 137 Å². The number of ether oxygens (including phenoxy) is 2. The first kappa shape index (κ1) is 17.6. The van der Waals surface area contributed by atoms with E-state index >= 15 is 0 Å². The smallest absolute Gasteiger partial charge is 0.406 e. The lowest BCUT2D eigenvalue weighted by atomic mass is 10.2. The molecule has 1 heterocycles. The average Bonchev–Trinajstić information content (AvgIpc) is 3.23. The number of hydrogen-bond acceptors (Lipinski definition) is 5. The first-order chi connectivity index (χ1) is 11.0. The van der Waals surface area contributed by atoms with Crippen LogP contribution in [0.1, 0.15) is 51.8 Å². The van der Waals surface area contributed by atoms with Gasteiger partial charge < -0.3 is 20.1 Å². The van der Waals surface area contributed by atoms with Crippen molar-refractivity contribution >= 4 is 6.09 Å². The Hall–Kier alpha value is -1.76. The number of aryl methyl sites for hydroxylation is 1. The van der Waals surface area contributed by atoms with Gasteiger partial charge in [-0.05, 0) is 40.0 Å². The Balaban J connectivity index is 1.94. The lowest BCUT2D eigenvalue weighted by Crippen LogP contribution is -2.25. The van der Waals surface area contributed by atoms with Crippen LogP contribution in [0.4, 0.5) is 4.79 Å². The quantitative estimate of drug-likeness (QED) is 0.681. The number of alkyl carbamates (subject to hydrolysis) is 1. The fraction of sp³-hybridized carbons (Fsp3) is 0.750. The van der Waals surface area contributed by atoms with Crippen LogP contribution >= 0.6 is 0 Å². The van der Waals surface area contributed by atoms with Gasteiger partial charge in [0.15, 0.2) is 0 Å². The van der Waals surface area contributed by atoms with Crippen LogP contribution < -0.4 is 15.4 Å². The number of rotatable bonds is 9. The van der Waals surface area contributed by atoms with Crippen LogP contribution in [-0.2, 0) is 11.3 Å². The van der Waals surface area contributed by atoms with Gasteiger partial charge in [0.1, 0.15) is 0 Å². The van der Waals surface area contributed by atoms with E-state index in [0.29, 0.717) is 19.1 Å². The van der Waals surface area contributed by atoms with Gasteiger partial charge in [-0.2, -0.15) is 5.10 Å². The summed E-state index contributed by atoms with van der Waals surface area (Å²) in [5, 5.41) is 10.9. The van der Waals surface area contributed by atoms with Crippen LogP contribution in [-0.4, -0.2) is 41.7 Å². The van der Waals surface area contributed by atoms with Crippen LogP contribution in [0.25, 0.3) is 0 Å². The number of nitrogens with one attached hydrogen (secondary N) is 2. The third-order valence-electron chi connectivity index (χ3n) is 3.63. The highest BCUT2D eigenvalue weighted by Crippen LogP contribution is 2.25. The number of nitrogens with zero attached hydrogens (tertiary/aromatic N) is 2. The first-order valence-corrected chi connectivity index (χ1v) is 8.32. The number of amides is 1. The highest BCUT2D eigenvalue weighted by atomic mass is 16.5. The molecule has 1 fully saturated rings. The third-order valence-corrected chi connectivity index (χ3v) is 3.63. The Morgan fingerprint density at radius 1 is 1.43 bits per heavy atom. The second kappa shape index (κ2) is 8.19. The standard InChI is InChI=1S/C16H28N4O3/c1-11(2)23-15-10-14(12(3)18-13-6-7-13)19-20(15)9-5-8-17-16(21)22-4/h10-13,18H,5-9H2,1-4H3,(H,17,21)/t12-/m1/s1. The van der Waals surface area contributed by atoms with Gasteiger partial charge >= 0.3 is 6.09 Å². The van der Waals surface area contributed by atoms with Crippen molar-refractivity contribution in [3.63, 3.8) is 0 Å². The van der Waals surface area contributed by atoms with E-state index in [4.69, 9.17) is 4.74 Å². The average molecular weight is 324 g/mol. The van der Waals surface area contributed by atoms with Crippen LogP contribution in [0.15, 0.2) is 6.07 Å². The van der Waals surface area contributed by atoms with E-state index in [2.05, 4.69) is 27.4 Å². The van der Waals surface area contributed by atoms with Gasteiger partial charge in [0.2, 0.25) is 5.88 Å². The van der Waals surface area contributed by atoms with Gasteiger partial charge in [0, 0.05) is 31.2 Å². The van der Waals surface area contributed by atoms with Crippen molar-refractivity contribution in [2.75, 3.05) is 13.7 Å². The van der Waals surface area contributed by atoms with E-state index in [0.717, 1.165) is 18.0 Å². The van der Waals surface area contributed by atoms with E-state index in [9.17, 15) is 4.79 Å². The zero-order valence-corrected chi connectivity index (χ0v) is 14.5. The molecule has 0 aliphatic heterocycles. The number of methoxy groups -OCH3 is 1. The summed E-state index contributed by atoms with van der Waals surface area (Å²) in [6.07, 6.45) is 2.94. The summed E-state index contributed by atoms with van der Waals surface area (Å²) in [5.41, 5.74) is 0.994. The minimum absolute atomic E-state index is 0.0955. The van der Waals surface area contributed by atoms with Crippen molar-refractivity contribution in [2.24, 2.45) is 0 Å². The first-order valence-electron chi connectivity index (χ1n) is 8.32. The van der Waals surface area contributed by atoms with Gasteiger partial charge in [-0.15, -0.1) is 0 Å². The predicted octanol–water partition coefficient (Wildman–Crippen LogP) is 2.23. The number of carbonyl (C=O) groups excluding carboxylic acids is 1. The number of hydrogen-bond donors (Lipinski definition) is 2. The molecule has 0 aromatic carbocycles. The van der Waals surface area contributed by atoms with Crippen molar-refractivity contribution in [2.45, 2.75) is 64.8 Å². The fourth-order valence-corrected chi connectivity index (χ4v) is 2.31. The molecular weight excluding hydrogens is 296 g/mol. The summed E-state index contributed by atoms with van der Waals surface area (Å²) in [4.78, 5) is 11.0. The zero-order chi connectivity index (χ0) is 16.8. The third kappa shape index (κ3) is 5.74. The molecule has 7 nitrogen and oxygen atoms in total. The van der Waals surface area contributed by atoms with Crippen molar-refractivity contribution in [1.29, 1.82) is 0 Å². The van der Waals surface area contributed by atoms with Gasteiger partial charge in [0.05, 0.1) is 18.9 Å². The maximum absolute atomic E-state index is 11.0. The Kier molecular flexibility index (Phi) is 6.27. The molecule has 130 valence electrons. The fourth-order valence-electron chi connectivity index (χ4n) is 2.31. The Bertz CT molecular complexity index is 511. The molecule has 1 aromatic heterocycles. The lowest BCUT2D eigenvalue weighted by Gasteiger charge is -2.11. The minimum Gasteiger partial charge on any atom is -0.475 e. The molecule has 23 heavy (non-hydrogen) atoms. The molecular formula is C16H28N4O3. The summed E-state index contributed by atoms with van der Waals surface area (Å²) in [6, 6.07) is 2.86. The molecule has 7 heteroatoms. The molecule has 0 unspecified atom stereocenters. The highest BCUT2D eigenvalue weighted by molar-refractivity contribution is 5.66. The Morgan fingerprint density at radius 3 is 2.78 bits per heavy atom. The molecule has 1 saturated carbocycles. The molecule has 1 aromatic rings. The molecule has 2 rings (SSSR count). The summed E-state index contributed by atoms with van der Waals surface area (Å²) >= 11 is 0. The molecule has 0 bridgehead atoms. The van der Waals surface area contributed by atoms with Crippen LogP contribution in [0.2, 0.25) is 0 Å². The maximum atomic E-state index is 11.0. The van der Waals surface area contributed by atoms with Gasteiger partial charge in [-0.3, -0.25) is 0 Å². The van der Waals surface area contributed by atoms with Gasteiger partial charge in [0.25, 0.3) is 0 Å². The molecule has 1 aliphatic carbocycles. The Morgan fingerprint density at radius 2 is 2.17 bits per heavy atom. The molecule has 0 radical (unpaired) electrons.